The van der Waals surface area contributed by atoms with Crippen LogP contribution in [0.25, 0.3) is 11.1 Å². The summed E-state index contributed by atoms with van der Waals surface area (Å²) < 4.78 is 58.0. The third kappa shape index (κ3) is 21.5. The Bertz CT molecular complexity index is 5560. The van der Waals surface area contributed by atoms with Gasteiger partial charge < -0.3 is 162 Å². The van der Waals surface area contributed by atoms with Crippen molar-refractivity contribution in [3.8, 4) is 80.1 Å². The number of carbonyl (C=O) groups is 9. The number of aliphatic hydroxyl groups is 10. The number of halogens is 2. The number of likely N-dealkylation sites (N-methyl/N-ethyl adjacent to an activating group) is 1. The molecule has 133 heavy (non-hydrogen) atoms. The predicted octanol–water partition coefficient (Wildman–Crippen LogP) is 1.71. The molecule has 17 bridgehead atoms. The van der Waals surface area contributed by atoms with E-state index in [1.54, 1.807) is 0 Å². The number of fused-ring (bicyclic) bond motifs is 14. The monoisotopic (exact) mass is 1890 g/mol. The average molecular weight is 1890 g/mol. The number of benzene rings is 7. The van der Waals surface area contributed by atoms with Crippen LogP contribution in [0.3, 0.4) is 0 Å². The van der Waals surface area contributed by atoms with Crippen molar-refractivity contribution in [1.29, 1.82) is 0 Å². The third-order valence-corrected chi connectivity index (χ3v) is 24.3. The number of nitrogens with zero attached hydrogens (tertiary/aromatic N) is 1. The Balaban J connectivity index is 1.04. The summed E-state index contributed by atoms with van der Waals surface area (Å²) in [6.45, 7) is -0.00346. The van der Waals surface area contributed by atoms with Crippen molar-refractivity contribution in [2.24, 2.45) is 0 Å². The summed E-state index contributed by atoms with van der Waals surface area (Å²) in [4.78, 5) is 141. The molecule has 22 N–H and O–H groups in total. The van der Waals surface area contributed by atoms with Crippen LogP contribution in [-0.2, 0) is 74.9 Å². The number of rotatable bonds is 20. The first-order chi connectivity index (χ1) is 63.5. The number of ether oxygens (including phenoxy) is 9. The highest BCUT2D eigenvalue weighted by atomic mass is 35.5. The van der Waals surface area contributed by atoms with Crippen molar-refractivity contribution in [2.75, 3.05) is 33.9 Å². The van der Waals surface area contributed by atoms with E-state index in [4.69, 9.17) is 65.8 Å². The Morgan fingerprint density at radius 3 is 1.68 bits per heavy atom. The molecule has 43 heteroatoms. The van der Waals surface area contributed by atoms with Crippen LogP contribution in [0.5, 0.6) is 69.0 Å². The van der Waals surface area contributed by atoms with Gasteiger partial charge in [-0.2, -0.15) is 0 Å². The van der Waals surface area contributed by atoms with Gasteiger partial charge in [-0.3, -0.25) is 43.2 Å². The van der Waals surface area contributed by atoms with Gasteiger partial charge in [0.2, 0.25) is 71.5 Å². The predicted molar refractivity (Wildman–Crippen MR) is 461 cm³/mol. The number of unbranched alkanes of at least 4 members (excludes halogenated alkanes) is 6. The molecule has 7 aromatic carbocycles. The van der Waals surface area contributed by atoms with Gasteiger partial charge >= 0.3 is 0 Å². The summed E-state index contributed by atoms with van der Waals surface area (Å²) in [5, 5.41) is 180. The van der Waals surface area contributed by atoms with Crippen LogP contribution >= 0.6 is 23.2 Å². The van der Waals surface area contributed by atoms with Gasteiger partial charge in [-0.25, -0.2) is 0 Å². The molecule has 3 fully saturated rings. The quantitative estimate of drug-likeness (QED) is 0.0483. The molecule has 712 valence electrons. The highest BCUT2D eigenvalue weighted by Crippen LogP contribution is 2.51. The van der Waals surface area contributed by atoms with Crippen molar-refractivity contribution in [1.82, 2.24) is 47.4 Å². The van der Waals surface area contributed by atoms with Crippen LogP contribution in [0.2, 0.25) is 10.0 Å². The van der Waals surface area contributed by atoms with Crippen LogP contribution in [0.4, 0.5) is 0 Å². The molecule has 9 amide bonds. The maximum absolute atomic E-state index is 17.1. The number of phenols is 4. The molecule has 22 atom stereocenters. The van der Waals surface area contributed by atoms with E-state index in [0.717, 1.165) is 123 Å². The molecule has 7 aromatic rings. The van der Waals surface area contributed by atoms with Gasteiger partial charge in [0.15, 0.2) is 29.3 Å². The second-order valence-electron chi connectivity index (χ2n) is 33.4. The standard InChI is InChI=1S/C90H101Cl2N9O32/c1-5-6-7-8-9-10-11-12-63(110)95-71-77(116)74(113)61(35-103)130-89(71)133-81-58-29-43-30-59(81)127-55-20-16-41(28-50(55)92)80(132-88-70(93-37(2)105)76(115)73(112)60(34-102)129-88)72-86(123)99-69(87(124)101(3)4)48-32-45(107)33-57(128-90-79(118)78(117)75(114)62(36-104)131-90)65(48)47-27-40(15-18-52(47)108)66(83(120)100-72)97-85(122)68(43)98-84(121)67-42-25-44(106)31-46(26-42)125-56-23-39(13-17-53(56)109)24-64(111)94-51(82(119)96-67)22-38-14-19-54(126-58)49(91)21-38/h13-21,23,25-33,51,60-62,66-80,88-90,102-104,106-109,112-118H,5-12,22,24,34-36H2,1-4H3,(H,93,105)(H,94,111)(H,95,110)(H,96,119)(H,97,122)(H,98,121)(H,99,123)(H,100,120)/t51-,60+,61+,62-,66-,67+,68-,69+,70+,71+,72+,73-,74-,75-,76-,77-,78-,79+,80-,88+,89+,90+/m1/s1. The minimum atomic E-state index is -2.50. The fraction of sp³-hybridized carbons (Fsp3) is 0.433. The van der Waals surface area contributed by atoms with Crippen LogP contribution in [0.15, 0.2) is 115 Å². The second kappa shape index (κ2) is 41.6. The highest BCUT2D eigenvalue weighted by molar-refractivity contribution is 6.32. The fourth-order valence-electron chi connectivity index (χ4n) is 16.7. The highest BCUT2D eigenvalue weighted by Gasteiger charge is 2.52. The van der Waals surface area contributed by atoms with Crippen molar-refractivity contribution >= 4 is 76.4 Å². The Labute approximate surface area is 768 Å². The Hall–Kier alpha value is -12.0. The van der Waals surface area contributed by atoms with Gasteiger partial charge in [-0.05, 0) is 124 Å². The molecule has 9 aliphatic rings. The number of phenolic OH excluding ortho intramolecular Hbond substituents is 4. The second-order valence-corrected chi connectivity index (χ2v) is 34.2. The van der Waals surface area contributed by atoms with E-state index in [0.29, 0.717) is 12.8 Å². The van der Waals surface area contributed by atoms with E-state index in [1.807, 2.05) is 0 Å². The zero-order valence-electron chi connectivity index (χ0n) is 71.7. The largest absolute Gasteiger partial charge is 0.508 e. The number of carbonyl (C=O) groups excluding carboxylic acids is 9. The van der Waals surface area contributed by atoms with Gasteiger partial charge in [-0.15, -0.1) is 0 Å². The smallest absolute Gasteiger partial charge is 0.249 e. The lowest BCUT2D eigenvalue weighted by molar-refractivity contribution is -0.284. The topological polar surface area (TPSA) is 619 Å². The molecular weight excluding hydrogens is 1790 g/mol. The number of nitrogens with one attached hydrogen (secondary N) is 8. The number of aliphatic hydroxyl groups excluding tert-OH is 10. The van der Waals surface area contributed by atoms with Gasteiger partial charge in [0.05, 0.1) is 36.3 Å². The summed E-state index contributed by atoms with van der Waals surface area (Å²) in [7, 11) is 2.47. The molecule has 0 radical (unpaired) electrons. The zero-order chi connectivity index (χ0) is 95.4. The Morgan fingerprint density at radius 1 is 0.489 bits per heavy atom. The van der Waals surface area contributed by atoms with Crippen molar-refractivity contribution in [3.05, 3.63) is 164 Å². The van der Waals surface area contributed by atoms with E-state index in [9.17, 15) is 85.9 Å². The molecule has 0 aliphatic carbocycles. The lowest BCUT2D eigenvalue weighted by Crippen LogP contribution is -2.65. The van der Waals surface area contributed by atoms with E-state index in [2.05, 4.69) is 49.5 Å². The first-order valence-electron chi connectivity index (χ1n) is 42.8. The molecule has 16 rings (SSSR count). The van der Waals surface area contributed by atoms with Crippen molar-refractivity contribution in [2.45, 2.75) is 212 Å². The van der Waals surface area contributed by atoms with Crippen LogP contribution in [0, 0.1) is 0 Å². The van der Waals surface area contributed by atoms with Crippen molar-refractivity contribution in [3.63, 3.8) is 0 Å². The summed E-state index contributed by atoms with van der Waals surface area (Å²) in [6.07, 6.45) is -23.7. The van der Waals surface area contributed by atoms with Gasteiger partial charge in [0.1, 0.15) is 156 Å². The summed E-state index contributed by atoms with van der Waals surface area (Å²) in [6, 6.07) is 4.30. The first-order valence-corrected chi connectivity index (χ1v) is 43.5. The lowest BCUT2D eigenvalue weighted by atomic mass is 9.89. The van der Waals surface area contributed by atoms with Gasteiger partial charge in [0.25, 0.3) is 0 Å². The maximum Gasteiger partial charge on any atom is 0.249 e. The van der Waals surface area contributed by atoms with Crippen LogP contribution in [0.1, 0.15) is 134 Å². The van der Waals surface area contributed by atoms with Gasteiger partial charge in [-0.1, -0.05) is 92.9 Å². The van der Waals surface area contributed by atoms with Crippen LogP contribution < -0.4 is 66.2 Å². The Morgan fingerprint density at radius 2 is 1.05 bits per heavy atom. The normalized spacial score (nSPS) is 28.2. The van der Waals surface area contributed by atoms with Gasteiger partial charge in [0, 0.05) is 57.1 Å². The molecule has 41 nitrogen and oxygen atoms in total. The number of hydrogen-bond donors (Lipinski definition) is 22. The number of amides is 9. The fourth-order valence-corrected chi connectivity index (χ4v) is 17.2. The molecule has 9 heterocycles. The SMILES string of the molecule is CCCCCCCCCC(=O)N[C@@H]1[C@H](Oc2c3cc4cc2Oc2ccc(cc2Cl)[C@@H](O[C@@H]2O[C@@H](CO)[C@@H](O)[C@H](O)[C@@H]2NC(C)=O)[C@@H]2NC(=O)[C@H](NC(=O)[C@@H]4NC(=O)[C@H]4NC(=O)[C@@H](Cc5ccc(c(Cl)c5)O3)NC(=O)Cc3ccc(O)c(c3)Oc3cc(O)cc4c3)c3ccc(O)c(c3)-c3c(O[C@H]4O[C@H](CO)[C@@H](O)[C@@H](O)[C@@H]4O)cc(O)cc3[C@@H](C(=O)N(C)C)NC2=O)O[C@@H](CO)[C@@H](O)[C@@H]1O. The number of aromatic hydroxyl groups is 4. The molecule has 0 unspecified atom stereocenters. The Kier molecular flexibility index (Phi) is 30.4. The van der Waals surface area contributed by atoms with E-state index in [-0.39, 0.29) is 50.9 Å². The van der Waals surface area contributed by atoms with Crippen LogP contribution in [-0.4, -0.2) is 268 Å². The zero-order valence-corrected chi connectivity index (χ0v) is 73.2. The third-order valence-electron chi connectivity index (χ3n) is 23.7. The lowest BCUT2D eigenvalue weighted by Gasteiger charge is -2.44. The van der Waals surface area contributed by atoms with E-state index in [1.165, 1.54) is 50.5 Å². The first kappa shape index (κ1) is 97.0. The summed E-state index contributed by atoms with van der Waals surface area (Å²) in [5.74, 6) is -17.3. The molecule has 9 aliphatic heterocycles. The molecule has 0 spiro atoms. The molecular formula is C90H101Cl2N9O32. The average Bonchev–Trinajstić information content (AvgIpc) is 0.749. The summed E-state index contributed by atoms with van der Waals surface area (Å²) in [5.41, 5.74) is -2.84. The van der Waals surface area contributed by atoms with E-state index >= 15 is 28.8 Å². The minimum absolute atomic E-state index is 0.123. The summed E-state index contributed by atoms with van der Waals surface area (Å²) >= 11 is 14.8. The number of hydrogen-bond acceptors (Lipinski definition) is 32. The van der Waals surface area contributed by atoms with Crippen molar-refractivity contribution < 1.29 is 157 Å². The van der Waals surface area contributed by atoms with E-state index < -0.39 is 305 Å². The molecule has 3 saturated heterocycles. The maximum atomic E-state index is 17.1. The molecule has 0 aromatic heterocycles. The minimum Gasteiger partial charge on any atom is -0.508 e. The molecule has 0 saturated carbocycles.